The lowest BCUT2D eigenvalue weighted by molar-refractivity contribution is 0.414. The van der Waals surface area contributed by atoms with Crippen LogP contribution in [0, 0.1) is 11.3 Å². The number of unbranched alkanes of at least 4 members (excludes halogenated alkanes) is 1. The maximum absolute atomic E-state index is 8.36. The van der Waals surface area contributed by atoms with E-state index in [-0.39, 0.29) is 0 Å². The van der Waals surface area contributed by atoms with Crippen LogP contribution in [0.25, 0.3) is 0 Å². The van der Waals surface area contributed by atoms with Crippen molar-refractivity contribution in [1.29, 1.82) is 5.26 Å². The Kier molecular flexibility index (Phi) is 3.84. The van der Waals surface area contributed by atoms with Crippen molar-refractivity contribution in [2.24, 2.45) is 0 Å². The first-order valence-corrected chi connectivity index (χ1v) is 4.36. The minimum absolute atomic E-state index is 0.631. The van der Waals surface area contributed by atoms with Crippen LogP contribution in [0.3, 0.4) is 0 Å². The summed E-state index contributed by atoms with van der Waals surface area (Å²) in [4.78, 5) is 0. The third-order valence-corrected chi connectivity index (χ3v) is 1.91. The number of rotatable bonds is 4. The van der Waals surface area contributed by atoms with Crippen LogP contribution in [0.2, 0.25) is 0 Å². The highest BCUT2D eigenvalue weighted by molar-refractivity contribution is 5.27. The van der Waals surface area contributed by atoms with E-state index in [9.17, 15) is 0 Å². The fourth-order valence-corrected chi connectivity index (χ4v) is 1.16. The van der Waals surface area contributed by atoms with E-state index in [2.05, 4.69) is 6.07 Å². The number of aryl methyl sites for hydroxylation is 1. The van der Waals surface area contributed by atoms with Gasteiger partial charge in [-0.25, -0.2) is 0 Å². The molecule has 0 bridgehead atoms. The van der Waals surface area contributed by atoms with E-state index in [1.807, 2.05) is 24.3 Å². The SMILES string of the molecule is COc1ccc(CCCC#N)cc1. The molecule has 68 valence electrons. The smallest absolute Gasteiger partial charge is 0.118 e. The molecule has 13 heavy (non-hydrogen) atoms. The Morgan fingerprint density at radius 1 is 1.31 bits per heavy atom. The van der Waals surface area contributed by atoms with Gasteiger partial charge < -0.3 is 4.74 Å². The molecule has 0 saturated carbocycles. The fourth-order valence-electron chi connectivity index (χ4n) is 1.16. The summed E-state index contributed by atoms with van der Waals surface area (Å²) in [5.41, 5.74) is 1.26. The Balaban J connectivity index is 2.45. The van der Waals surface area contributed by atoms with Crippen molar-refractivity contribution >= 4 is 0 Å². The summed E-state index contributed by atoms with van der Waals surface area (Å²) in [6.45, 7) is 0. The lowest BCUT2D eigenvalue weighted by Crippen LogP contribution is -1.86. The predicted molar refractivity (Wildman–Crippen MR) is 51.5 cm³/mol. The Labute approximate surface area is 78.8 Å². The molecule has 0 unspecified atom stereocenters. The Bertz CT molecular complexity index is 284. The van der Waals surface area contributed by atoms with Crippen LogP contribution >= 0.6 is 0 Å². The molecule has 0 spiro atoms. The maximum Gasteiger partial charge on any atom is 0.118 e. The van der Waals surface area contributed by atoms with Crippen molar-refractivity contribution in [1.82, 2.24) is 0 Å². The Morgan fingerprint density at radius 3 is 2.54 bits per heavy atom. The van der Waals surface area contributed by atoms with Crippen molar-refractivity contribution in [3.05, 3.63) is 29.8 Å². The summed E-state index contributed by atoms with van der Waals surface area (Å²) < 4.78 is 5.04. The average molecular weight is 175 g/mol. The molecule has 0 heterocycles. The van der Waals surface area contributed by atoms with Crippen LogP contribution in [0.1, 0.15) is 18.4 Å². The molecular weight excluding hydrogens is 162 g/mol. The largest absolute Gasteiger partial charge is 0.497 e. The van der Waals surface area contributed by atoms with Crippen molar-refractivity contribution < 1.29 is 4.74 Å². The maximum atomic E-state index is 8.36. The van der Waals surface area contributed by atoms with Crippen LogP contribution in [-0.2, 0) is 6.42 Å². The Hall–Kier alpha value is -1.49. The lowest BCUT2D eigenvalue weighted by Gasteiger charge is -2.01. The monoisotopic (exact) mass is 175 g/mol. The van der Waals surface area contributed by atoms with E-state index in [0.717, 1.165) is 18.6 Å². The first-order valence-electron chi connectivity index (χ1n) is 4.36. The van der Waals surface area contributed by atoms with Crippen LogP contribution in [-0.4, -0.2) is 7.11 Å². The van der Waals surface area contributed by atoms with Gasteiger partial charge >= 0.3 is 0 Å². The zero-order valence-electron chi connectivity index (χ0n) is 7.79. The van der Waals surface area contributed by atoms with Gasteiger partial charge in [0, 0.05) is 6.42 Å². The molecule has 1 aromatic rings. The summed E-state index contributed by atoms with van der Waals surface area (Å²) in [7, 11) is 1.66. The summed E-state index contributed by atoms with van der Waals surface area (Å²) in [5.74, 6) is 0.879. The summed E-state index contributed by atoms with van der Waals surface area (Å²) in [6, 6.07) is 10.1. The van der Waals surface area contributed by atoms with Crippen molar-refractivity contribution in [3.8, 4) is 11.8 Å². The molecule has 0 aromatic heterocycles. The number of nitrogens with zero attached hydrogens (tertiary/aromatic N) is 1. The van der Waals surface area contributed by atoms with Crippen LogP contribution < -0.4 is 4.74 Å². The quantitative estimate of drug-likeness (QED) is 0.659. The molecule has 2 heteroatoms. The van der Waals surface area contributed by atoms with E-state index >= 15 is 0 Å². The number of hydrogen-bond acceptors (Lipinski definition) is 2. The van der Waals surface area contributed by atoms with E-state index < -0.39 is 0 Å². The zero-order valence-corrected chi connectivity index (χ0v) is 7.79. The van der Waals surface area contributed by atoms with Gasteiger partial charge in [-0.2, -0.15) is 5.26 Å². The first kappa shape index (κ1) is 9.60. The van der Waals surface area contributed by atoms with Gasteiger partial charge in [0.05, 0.1) is 13.2 Å². The average Bonchev–Trinajstić information content (AvgIpc) is 2.19. The number of nitriles is 1. The predicted octanol–water partition coefficient (Wildman–Crippen LogP) is 2.54. The molecule has 0 N–H and O–H groups in total. The standard InChI is InChI=1S/C11H13NO/c1-13-11-7-5-10(6-8-11)4-2-3-9-12/h5-8H,2-4H2,1H3. The molecule has 0 radical (unpaired) electrons. The third-order valence-electron chi connectivity index (χ3n) is 1.91. The third kappa shape index (κ3) is 3.16. The highest BCUT2D eigenvalue weighted by atomic mass is 16.5. The van der Waals surface area contributed by atoms with Crippen molar-refractivity contribution in [3.63, 3.8) is 0 Å². The van der Waals surface area contributed by atoms with Crippen molar-refractivity contribution in [2.75, 3.05) is 7.11 Å². The number of methoxy groups -OCH3 is 1. The highest BCUT2D eigenvalue weighted by Gasteiger charge is 1.93. The minimum Gasteiger partial charge on any atom is -0.497 e. The molecule has 2 nitrogen and oxygen atoms in total. The second-order valence-electron chi connectivity index (χ2n) is 2.86. The number of benzene rings is 1. The Morgan fingerprint density at radius 2 is 2.00 bits per heavy atom. The zero-order chi connectivity index (χ0) is 9.52. The second kappa shape index (κ2) is 5.21. The molecule has 0 fully saturated rings. The molecule has 0 amide bonds. The summed E-state index contributed by atoms with van der Waals surface area (Å²) >= 11 is 0. The number of hydrogen-bond donors (Lipinski definition) is 0. The topological polar surface area (TPSA) is 33.0 Å². The van der Waals surface area contributed by atoms with Gasteiger partial charge in [-0.3, -0.25) is 0 Å². The number of ether oxygens (including phenoxy) is 1. The van der Waals surface area contributed by atoms with Crippen LogP contribution in [0.5, 0.6) is 5.75 Å². The van der Waals surface area contributed by atoms with E-state index in [4.69, 9.17) is 10.00 Å². The van der Waals surface area contributed by atoms with Gasteiger partial charge in [0.2, 0.25) is 0 Å². The highest BCUT2D eigenvalue weighted by Crippen LogP contribution is 2.12. The first-order chi connectivity index (χ1) is 6.36. The molecular formula is C11H13NO. The molecule has 0 saturated heterocycles. The molecule has 0 aliphatic carbocycles. The summed E-state index contributed by atoms with van der Waals surface area (Å²) in [5, 5.41) is 8.36. The van der Waals surface area contributed by atoms with Crippen LogP contribution in [0.4, 0.5) is 0 Å². The van der Waals surface area contributed by atoms with Gasteiger partial charge in [-0.15, -0.1) is 0 Å². The molecule has 0 atom stereocenters. The molecule has 0 aliphatic rings. The van der Waals surface area contributed by atoms with Gasteiger partial charge in [-0.05, 0) is 30.5 Å². The molecule has 1 aromatic carbocycles. The van der Waals surface area contributed by atoms with E-state index in [1.165, 1.54) is 5.56 Å². The van der Waals surface area contributed by atoms with Gasteiger partial charge in [0.1, 0.15) is 5.75 Å². The molecule has 1 rings (SSSR count). The minimum atomic E-state index is 0.631. The van der Waals surface area contributed by atoms with Crippen molar-refractivity contribution in [2.45, 2.75) is 19.3 Å². The normalized spacial score (nSPS) is 9.23. The van der Waals surface area contributed by atoms with Crippen LogP contribution in [0.15, 0.2) is 24.3 Å². The second-order valence-corrected chi connectivity index (χ2v) is 2.86. The van der Waals surface area contributed by atoms with Gasteiger partial charge in [-0.1, -0.05) is 12.1 Å². The summed E-state index contributed by atoms with van der Waals surface area (Å²) in [6.07, 6.45) is 2.53. The van der Waals surface area contributed by atoms with E-state index in [0.29, 0.717) is 6.42 Å². The lowest BCUT2D eigenvalue weighted by atomic mass is 10.1. The molecule has 0 aliphatic heterocycles. The van der Waals surface area contributed by atoms with Gasteiger partial charge in [0.25, 0.3) is 0 Å². The van der Waals surface area contributed by atoms with Gasteiger partial charge in [0.15, 0.2) is 0 Å². The van der Waals surface area contributed by atoms with E-state index in [1.54, 1.807) is 7.11 Å². The fraction of sp³-hybridized carbons (Fsp3) is 0.364.